The van der Waals surface area contributed by atoms with Gasteiger partial charge in [-0.25, -0.2) is 22.3 Å². The van der Waals surface area contributed by atoms with Gasteiger partial charge in [0.15, 0.2) is 0 Å². The molecule has 0 saturated heterocycles. The molecule has 0 fully saturated rings. The topological polar surface area (TPSA) is 91.1 Å². The number of fused-ring (bicyclic) bond motifs is 1. The van der Waals surface area contributed by atoms with Gasteiger partial charge < -0.3 is 10.3 Å². The van der Waals surface area contributed by atoms with E-state index in [1.807, 2.05) is 0 Å². The van der Waals surface area contributed by atoms with Gasteiger partial charge in [-0.15, -0.1) is 12.4 Å². The van der Waals surface area contributed by atoms with Crippen LogP contribution in [0.2, 0.25) is 0 Å². The first-order valence-electron chi connectivity index (χ1n) is 8.18. The molecule has 2 aromatic carbocycles. The molecule has 3 rings (SSSR count). The van der Waals surface area contributed by atoms with Gasteiger partial charge in [-0.2, -0.15) is 0 Å². The van der Waals surface area contributed by atoms with E-state index in [9.17, 15) is 17.2 Å². The first-order chi connectivity index (χ1) is 12.7. The van der Waals surface area contributed by atoms with Gasteiger partial charge in [0.1, 0.15) is 11.6 Å². The van der Waals surface area contributed by atoms with Gasteiger partial charge in [0.25, 0.3) is 0 Å². The van der Waals surface area contributed by atoms with E-state index in [0.29, 0.717) is 27.7 Å². The minimum Gasteiger partial charge on any atom is -0.337 e. The Morgan fingerprint density at radius 2 is 1.82 bits per heavy atom. The van der Waals surface area contributed by atoms with Crippen molar-refractivity contribution in [1.82, 2.24) is 4.57 Å². The van der Waals surface area contributed by atoms with Crippen molar-refractivity contribution in [3.8, 4) is 11.1 Å². The molecule has 5 nitrogen and oxygen atoms in total. The van der Waals surface area contributed by atoms with E-state index >= 15 is 0 Å². The van der Waals surface area contributed by atoms with Crippen LogP contribution >= 0.6 is 12.4 Å². The average molecular weight is 428 g/mol. The van der Waals surface area contributed by atoms with Gasteiger partial charge in [-0.3, -0.25) is 0 Å². The summed E-state index contributed by atoms with van der Waals surface area (Å²) < 4.78 is 52.7. The minimum absolute atomic E-state index is 0. The maximum atomic E-state index is 14.1. The number of nitrogens with zero attached hydrogens (tertiary/aromatic N) is 1. The quantitative estimate of drug-likeness (QED) is 0.651. The van der Waals surface area contributed by atoms with Crippen LogP contribution in [0.3, 0.4) is 0 Å². The van der Waals surface area contributed by atoms with Gasteiger partial charge in [0, 0.05) is 28.7 Å². The van der Waals surface area contributed by atoms with Crippen molar-refractivity contribution >= 4 is 33.3 Å². The van der Waals surface area contributed by atoms with Crippen molar-refractivity contribution in [2.45, 2.75) is 18.4 Å². The van der Waals surface area contributed by atoms with Gasteiger partial charge in [-0.1, -0.05) is 12.1 Å². The van der Waals surface area contributed by atoms with E-state index in [2.05, 4.69) is 0 Å². The van der Waals surface area contributed by atoms with Crippen LogP contribution in [0.5, 0.6) is 0 Å². The Hall–Kier alpha value is -2.26. The van der Waals surface area contributed by atoms with Crippen molar-refractivity contribution < 1.29 is 17.2 Å². The molecule has 150 valence electrons. The second kappa shape index (κ2) is 8.40. The highest BCUT2D eigenvalue weighted by molar-refractivity contribution is 7.89. The molecule has 0 amide bonds. The summed E-state index contributed by atoms with van der Waals surface area (Å²) in [5, 5.41) is 5.84. The maximum Gasteiger partial charge on any atom is 0.238 e. The number of halogens is 3. The fourth-order valence-corrected chi connectivity index (χ4v) is 3.71. The lowest BCUT2D eigenvalue weighted by molar-refractivity contribution is 0.555. The molecule has 9 heteroatoms. The standard InChI is InChI=1S/C19H19F2N3O2S.ClH/c1-12-19(13-2-4-14(20)5-3-13)17-10-16(27(23,25)26)6-7-18(17)24(12)11-15(21)8-9-22;/h2-8,10H,9,11,22H2,1H3,(H2,23,25,26);1H. The number of hydrogen-bond acceptors (Lipinski definition) is 3. The lowest BCUT2D eigenvalue weighted by Crippen LogP contribution is -2.11. The van der Waals surface area contributed by atoms with E-state index in [0.717, 1.165) is 0 Å². The molecule has 0 bridgehead atoms. The molecule has 0 spiro atoms. The summed E-state index contributed by atoms with van der Waals surface area (Å²) in [5.41, 5.74) is 8.10. The molecule has 0 atom stereocenters. The van der Waals surface area contributed by atoms with E-state index in [-0.39, 0.29) is 36.2 Å². The van der Waals surface area contributed by atoms with Crippen LogP contribution in [0.25, 0.3) is 22.0 Å². The van der Waals surface area contributed by atoms with Gasteiger partial charge >= 0.3 is 0 Å². The van der Waals surface area contributed by atoms with Crippen molar-refractivity contribution in [1.29, 1.82) is 0 Å². The number of aromatic nitrogens is 1. The number of hydrogen-bond donors (Lipinski definition) is 2. The largest absolute Gasteiger partial charge is 0.337 e. The Morgan fingerprint density at radius 1 is 1.18 bits per heavy atom. The fourth-order valence-electron chi connectivity index (χ4n) is 3.17. The van der Waals surface area contributed by atoms with E-state index in [1.54, 1.807) is 29.7 Å². The van der Waals surface area contributed by atoms with Crippen LogP contribution in [-0.4, -0.2) is 19.5 Å². The zero-order valence-corrected chi connectivity index (χ0v) is 16.7. The van der Waals surface area contributed by atoms with E-state index in [4.69, 9.17) is 10.9 Å². The van der Waals surface area contributed by atoms with Crippen LogP contribution in [0.4, 0.5) is 8.78 Å². The molecule has 0 radical (unpaired) electrons. The van der Waals surface area contributed by atoms with Crippen LogP contribution < -0.4 is 10.9 Å². The summed E-state index contributed by atoms with van der Waals surface area (Å²) >= 11 is 0. The molecule has 1 heterocycles. The minimum atomic E-state index is -3.91. The Kier molecular flexibility index (Phi) is 6.61. The highest BCUT2D eigenvalue weighted by atomic mass is 35.5. The molecule has 0 saturated carbocycles. The third kappa shape index (κ3) is 4.25. The smallest absolute Gasteiger partial charge is 0.238 e. The molecular weight excluding hydrogens is 408 g/mol. The van der Waals surface area contributed by atoms with Crippen LogP contribution in [0.15, 0.2) is 59.3 Å². The SMILES string of the molecule is Cc1c(-c2ccc(F)cc2)c2cc(S(N)(=O)=O)ccc2n1CC(F)=CCN.Cl. The van der Waals surface area contributed by atoms with Crippen molar-refractivity contribution in [2.75, 3.05) is 6.54 Å². The number of benzene rings is 2. The lowest BCUT2D eigenvalue weighted by Gasteiger charge is -2.08. The van der Waals surface area contributed by atoms with Crippen molar-refractivity contribution in [2.24, 2.45) is 10.9 Å². The van der Waals surface area contributed by atoms with Crippen molar-refractivity contribution in [3.63, 3.8) is 0 Å². The molecule has 0 aliphatic rings. The summed E-state index contributed by atoms with van der Waals surface area (Å²) in [6.45, 7) is 1.82. The third-order valence-electron chi connectivity index (χ3n) is 4.40. The molecular formula is C19H20ClF2N3O2S. The Balaban J connectivity index is 0.00000280. The highest BCUT2D eigenvalue weighted by Gasteiger charge is 2.19. The Labute approximate surface area is 168 Å². The third-order valence-corrected chi connectivity index (χ3v) is 5.32. The summed E-state index contributed by atoms with van der Waals surface area (Å²) in [6.07, 6.45) is 1.28. The molecule has 0 unspecified atom stereocenters. The predicted molar refractivity (Wildman–Crippen MR) is 109 cm³/mol. The molecule has 0 aliphatic carbocycles. The highest BCUT2D eigenvalue weighted by Crippen LogP contribution is 2.36. The molecule has 0 aliphatic heterocycles. The first-order valence-corrected chi connectivity index (χ1v) is 9.73. The monoisotopic (exact) mass is 427 g/mol. The summed E-state index contributed by atoms with van der Waals surface area (Å²) in [5.74, 6) is -0.791. The molecule has 28 heavy (non-hydrogen) atoms. The van der Waals surface area contributed by atoms with Gasteiger partial charge in [0.2, 0.25) is 10.0 Å². The number of nitrogens with two attached hydrogens (primary N) is 2. The maximum absolute atomic E-state index is 14.1. The average Bonchev–Trinajstić information content (AvgIpc) is 2.87. The lowest BCUT2D eigenvalue weighted by atomic mass is 10.0. The number of sulfonamides is 1. The normalized spacial score (nSPS) is 12.2. The summed E-state index contributed by atoms with van der Waals surface area (Å²) in [7, 11) is -3.91. The zero-order chi connectivity index (χ0) is 19.8. The van der Waals surface area contributed by atoms with Crippen LogP contribution in [0, 0.1) is 12.7 Å². The zero-order valence-electron chi connectivity index (χ0n) is 15.0. The summed E-state index contributed by atoms with van der Waals surface area (Å²) in [6, 6.07) is 10.2. The Bertz CT molecular complexity index is 1140. The number of rotatable bonds is 5. The van der Waals surface area contributed by atoms with Crippen LogP contribution in [0.1, 0.15) is 5.69 Å². The van der Waals surface area contributed by atoms with Crippen LogP contribution in [-0.2, 0) is 16.6 Å². The van der Waals surface area contributed by atoms with E-state index < -0.39 is 15.9 Å². The fraction of sp³-hybridized carbons (Fsp3) is 0.158. The number of allylic oxidation sites excluding steroid dienone is 1. The second-order valence-electron chi connectivity index (χ2n) is 6.16. The Morgan fingerprint density at radius 3 is 2.39 bits per heavy atom. The van der Waals surface area contributed by atoms with Gasteiger partial charge in [0.05, 0.1) is 11.4 Å². The van der Waals surface area contributed by atoms with Gasteiger partial charge in [-0.05, 0) is 48.9 Å². The van der Waals surface area contributed by atoms with Crippen molar-refractivity contribution in [3.05, 3.63) is 65.9 Å². The van der Waals surface area contributed by atoms with E-state index in [1.165, 1.54) is 30.3 Å². The summed E-state index contributed by atoms with van der Waals surface area (Å²) in [4.78, 5) is -0.0477. The first kappa shape index (κ1) is 22.0. The molecule has 4 N–H and O–H groups in total. The second-order valence-corrected chi connectivity index (χ2v) is 7.73. The number of primary sulfonamides is 1. The molecule has 3 aromatic rings. The molecule has 1 aromatic heterocycles. The predicted octanol–water partition coefficient (Wildman–Crippen LogP) is 3.64.